The van der Waals surface area contributed by atoms with Crippen molar-refractivity contribution >= 4 is 26.1 Å². The van der Waals surface area contributed by atoms with Gasteiger partial charge in [-0.1, -0.05) is 72.8 Å². The molecule has 4 aromatic carbocycles. The van der Waals surface area contributed by atoms with Gasteiger partial charge in [0.15, 0.2) is 12.3 Å². The van der Waals surface area contributed by atoms with Gasteiger partial charge in [-0.25, -0.2) is 14.3 Å². The predicted octanol–water partition coefficient (Wildman–Crippen LogP) is 8.03. The summed E-state index contributed by atoms with van der Waals surface area (Å²) in [5, 5.41) is 12.3. The maximum atomic E-state index is 13.9. The number of nitriles is 1. The SMILES string of the molecule is COc1ccc(C(OC[C@H]2O[C@@H](n3ccc(N)nc3=O)[C@H](OC(=O)Nc3ccccc3)[C@@H]2OP(OCCC#N)N(C(C)C)C(C)C)(c2ccccc2)c2ccc(OC)cc2)cc1. The van der Waals surface area contributed by atoms with Crippen LogP contribution in [-0.2, 0) is 28.9 Å². The number of nitrogens with one attached hydrogen (secondary N) is 1. The Balaban J connectivity index is 1.51. The highest BCUT2D eigenvalue weighted by atomic mass is 31.2. The minimum absolute atomic E-state index is 0.00164. The summed E-state index contributed by atoms with van der Waals surface area (Å²) in [6.45, 7) is 7.96. The molecule has 1 aliphatic rings. The number of aromatic nitrogens is 2. The normalized spacial score (nSPS) is 18.1. The molecule has 3 N–H and O–H groups in total. The first-order valence-corrected chi connectivity index (χ1v) is 21.4. The molecule has 0 radical (unpaired) electrons. The predicted molar refractivity (Wildman–Crippen MR) is 236 cm³/mol. The van der Waals surface area contributed by atoms with E-state index in [1.54, 1.807) is 38.5 Å². The second-order valence-corrected chi connectivity index (χ2v) is 16.3. The zero-order chi connectivity index (χ0) is 44.2. The van der Waals surface area contributed by atoms with Gasteiger partial charge >= 0.3 is 11.8 Å². The minimum Gasteiger partial charge on any atom is -0.497 e. The number of benzene rings is 4. The smallest absolute Gasteiger partial charge is 0.412 e. The number of anilines is 2. The van der Waals surface area contributed by atoms with E-state index in [1.807, 2.05) is 113 Å². The molecule has 0 saturated carbocycles. The summed E-state index contributed by atoms with van der Waals surface area (Å²) < 4.78 is 48.1. The van der Waals surface area contributed by atoms with Gasteiger partial charge in [-0.3, -0.25) is 9.88 Å². The highest BCUT2D eigenvalue weighted by molar-refractivity contribution is 7.44. The Bertz CT molecular complexity index is 2240. The van der Waals surface area contributed by atoms with E-state index in [-0.39, 0.29) is 37.5 Å². The molecule has 5 aromatic rings. The van der Waals surface area contributed by atoms with Crippen LogP contribution in [-0.4, -0.2) is 78.1 Å². The fraction of sp³-hybridized carbons (Fsp3) is 0.348. The summed E-state index contributed by atoms with van der Waals surface area (Å²) in [4.78, 5) is 31.4. The number of nitrogens with zero attached hydrogens (tertiary/aromatic N) is 4. The first-order chi connectivity index (χ1) is 30.0. The molecule has 1 fully saturated rings. The third-order valence-electron chi connectivity index (χ3n) is 10.2. The third kappa shape index (κ3) is 10.6. The molecule has 1 aromatic heterocycles. The zero-order valence-electron chi connectivity index (χ0n) is 35.6. The van der Waals surface area contributed by atoms with Gasteiger partial charge in [-0.15, -0.1) is 0 Å². The van der Waals surface area contributed by atoms with E-state index in [0.29, 0.717) is 17.2 Å². The summed E-state index contributed by atoms with van der Waals surface area (Å²) in [6.07, 6.45) is -3.98. The summed E-state index contributed by atoms with van der Waals surface area (Å²) in [5.41, 5.74) is 6.73. The first-order valence-electron chi connectivity index (χ1n) is 20.2. The average molecular weight is 865 g/mol. The van der Waals surface area contributed by atoms with Crippen molar-refractivity contribution in [2.75, 3.05) is 38.5 Å². The van der Waals surface area contributed by atoms with Gasteiger partial charge < -0.3 is 38.5 Å². The molecule has 2 heterocycles. The largest absolute Gasteiger partial charge is 0.497 e. The van der Waals surface area contributed by atoms with Crippen LogP contribution in [0.4, 0.5) is 16.3 Å². The molecule has 62 heavy (non-hydrogen) atoms. The van der Waals surface area contributed by atoms with Crippen molar-refractivity contribution in [1.82, 2.24) is 14.2 Å². The molecule has 0 bridgehead atoms. The average Bonchev–Trinajstić information content (AvgIpc) is 3.59. The number of nitrogen functional groups attached to an aromatic ring is 1. The van der Waals surface area contributed by atoms with Gasteiger partial charge in [0.05, 0.1) is 39.9 Å². The third-order valence-corrected chi connectivity index (χ3v) is 12.3. The summed E-state index contributed by atoms with van der Waals surface area (Å²) >= 11 is 0. The molecule has 0 aliphatic carbocycles. The van der Waals surface area contributed by atoms with Crippen molar-refractivity contribution in [3.8, 4) is 17.6 Å². The number of rotatable bonds is 19. The molecular formula is C46H53N6O9P. The number of carbonyl (C=O) groups excluding carboxylic acids is 1. The molecule has 6 rings (SSSR count). The van der Waals surface area contributed by atoms with E-state index < -0.39 is 50.5 Å². The van der Waals surface area contributed by atoms with Crippen LogP contribution < -0.4 is 26.2 Å². The molecule has 1 saturated heterocycles. The number of para-hydroxylation sites is 1. The number of carbonyl (C=O) groups is 1. The maximum absolute atomic E-state index is 13.9. The molecule has 0 spiro atoms. The Labute approximate surface area is 363 Å². The van der Waals surface area contributed by atoms with E-state index in [9.17, 15) is 14.9 Å². The molecule has 1 amide bonds. The van der Waals surface area contributed by atoms with Crippen molar-refractivity contribution in [2.24, 2.45) is 0 Å². The monoisotopic (exact) mass is 864 g/mol. The van der Waals surface area contributed by atoms with Crippen LogP contribution in [0.5, 0.6) is 11.5 Å². The number of methoxy groups -OCH3 is 2. The molecule has 16 heteroatoms. The zero-order valence-corrected chi connectivity index (χ0v) is 36.5. The van der Waals surface area contributed by atoms with Gasteiger partial charge in [0.1, 0.15) is 35.1 Å². The van der Waals surface area contributed by atoms with Crippen molar-refractivity contribution in [1.29, 1.82) is 5.26 Å². The summed E-state index contributed by atoms with van der Waals surface area (Å²) in [6, 6.07) is 37.2. The van der Waals surface area contributed by atoms with Gasteiger partial charge in [0, 0.05) is 24.0 Å². The molecule has 1 aliphatic heterocycles. The fourth-order valence-electron chi connectivity index (χ4n) is 7.41. The molecular weight excluding hydrogens is 812 g/mol. The van der Waals surface area contributed by atoms with Crippen molar-refractivity contribution in [3.05, 3.63) is 149 Å². The lowest BCUT2D eigenvalue weighted by Gasteiger charge is -2.39. The summed E-state index contributed by atoms with van der Waals surface area (Å²) in [5.74, 6) is 1.31. The second kappa shape index (κ2) is 21.3. The number of ether oxygens (including phenoxy) is 5. The second-order valence-electron chi connectivity index (χ2n) is 14.9. The van der Waals surface area contributed by atoms with Crippen LogP contribution in [0.2, 0.25) is 0 Å². The Morgan fingerprint density at radius 3 is 1.97 bits per heavy atom. The van der Waals surface area contributed by atoms with Crippen LogP contribution in [0.25, 0.3) is 0 Å². The van der Waals surface area contributed by atoms with E-state index in [4.69, 9.17) is 38.5 Å². The molecule has 1 unspecified atom stereocenters. The summed E-state index contributed by atoms with van der Waals surface area (Å²) in [7, 11) is 1.26. The van der Waals surface area contributed by atoms with Gasteiger partial charge in [-0.05, 0) is 86.8 Å². The standard InChI is InChI=1S/C46H53N6O9P/c1-31(2)52(32(3)4)62(58-29-13-27-47)61-41-39(59-43(51-28-26-40(48)50-44(51)53)42(41)60-45(54)49-36-16-11-8-12-17-36)30-57-46(33-14-9-7-10-15-33,34-18-22-37(55-5)23-19-34)35-20-24-38(56-6)25-21-35/h7-12,14-26,28,31-32,39,41-43H,13,29-30H2,1-6H3,(H,49,54)(H2,48,50,53)/t39-,41-,42-,43-,62?/m1/s1. The molecule has 15 nitrogen and oxygen atoms in total. The van der Waals surface area contributed by atoms with Crippen molar-refractivity contribution in [3.63, 3.8) is 0 Å². The Hall–Kier alpha value is -5.85. The highest BCUT2D eigenvalue weighted by Gasteiger charge is 2.53. The maximum Gasteiger partial charge on any atom is 0.412 e. The van der Waals surface area contributed by atoms with E-state index in [2.05, 4.69) is 21.0 Å². The first kappa shape index (κ1) is 45.7. The van der Waals surface area contributed by atoms with Gasteiger partial charge in [-0.2, -0.15) is 10.2 Å². The van der Waals surface area contributed by atoms with Crippen LogP contribution >= 0.6 is 8.53 Å². The fourth-order valence-corrected chi connectivity index (χ4v) is 9.18. The van der Waals surface area contributed by atoms with Gasteiger partial charge in [0.25, 0.3) is 8.53 Å². The van der Waals surface area contributed by atoms with Crippen LogP contribution in [0.3, 0.4) is 0 Å². The van der Waals surface area contributed by atoms with Crippen LogP contribution in [0, 0.1) is 11.3 Å². The Kier molecular flexibility index (Phi) is 15.7. The number of nitrogens with two attached hydrogens (primary N) is 1. The van der Waals surface area contributed by atoms with E-state index in [1.165, 1.54) is 16.8 Å². The Morgan fingerprint density at radius 1 is 0.871 bits per heavy atom. The number of hydrogen-bond donors (Lipinski definition) is 2. The van der Waals surface area contributed by atoms with E-state index >= 15 is 0 Å². The lowest BCUT2D eigenvalue weighted by atomic mass is 9.80. The van der Waals surface area contributed by atoms with E-state index in [0.717, 1.165) is 16.7 Å². The highest BCUT2D eigenvalue weighted by Crippen LogP contribution is 2.51. The lowest BCUT2D eigenvalue weighted by Crippen LogP contribution is -2.44. The van der Waals surface area contributed by atoms with Crippen molar-refractivity contribution < 1.29 is 37.5 Å². The van der Waals surface area contributed by atoms with Crippen molar-refractivity contribution in [2.45, 2.75) is 76.3 Å². The topological polar surface area (TPSA) is 182 Å². The quantitative estimate of drug-likeness (QED) is 0.0463. The Morgan fingerprint density at radius 2 is 1.44 bits per heavy atom. The minimum atomic E-state index is -1.95. The van der Waals surface area contributed by atoms with Crippen LogP contribution in [0.1, 0.15) is 57.0 Å². The van der Waals surface area contributed by atoms with Gasteiger partial charge in [0.2, 0.25) is 0 Å². The lowest BCUT2D eigenvalue weighted by molar-refractivity contribution is -0.0946. The number of hydrogen-bond acceptors (Lipinski definition) is 13. The van der Waals surface area contributed by atoms with Crippen LogP contribution in [0.15, 0.2) is 126 Å². The number of amides is 1. The molecule has 326 valence electrons. The molecule has 5 atom stereocenters.